The summed E-state index contributed by atoms with van der Waals surface area (Å²) < 4.78 is 6.42. The molecule has 0 aliphatic carbocycles. The predicted octanol–water partition coefficient (Wildman–Crippen LogP) is 1.99. The molecule has 1 aromatic carbocycles. The first kappa shape index (κ1) is 15.7. The molecule has 5 nitrogen and oxygen atoms in total. The summed E-state index contributed by atoms with van der Waals surface area (Å²) >= 11 is 2.18. The van der Waals surface area contributed by atoms with Gasteiger partial charge < -0.3 is 14.7 Å². The van der Waals surface area contributed by atoms with Gasteiger partial charge in [0, 0.05) is 10.1 Å². The first-order valence-corrected chi connectivity index (χ1v) is 6.98. The third-order valence-electron chi connectivity index (χ3n) is 2.35. The zero-order chi connectivity index (χ0) is 14.3. The van der Waals surface area contributed by atoms with Crippen molar-refractivity contribution in [3.8, 4) is 5.75 Å². The van der Waals surface area contributed by atoms with Gasteiger partial charge in [0.15, 0.2) is 6.61 Å². The lowest BCUT2D eigenvalue weighted by Crippen LogP contribution is -2.39. The van der Waals surface area contributed by atoms with Crippen molar-refractivity contribution in [1.29, 1.82) is 0 Å². The van der Waals surface area contributed by atoms with E-state index in [4.69, 9.17) is 9.84 Å². The molecule has 19 heavy (non-hydrogen) atoms. The van der Waals surface area contributed by atoms with Crippen molar-refractivity contribution in [2.24, 2.45) is 0 Å². The molecule has 0 fully saturated rings. The van der Waals surface area contributed by atoms with Gasteiger partial charge in [0.25, 0.3) is 5.91 Å². The van der Waals surface area contributed by atoms with E-state index in [9.17, 15) is 9.59 Å². The van der Waals surface area contributed by atoms with Crippen LogP contribution in [0.3, 0.4) is 0 Å². The second kappa shape index (κ2) is 7.98. The van der Waals surface area contributed by atoms with Gasteiger partial charge in [-0.2, -0.15) is 0 Å². The van der Waals surface area contributed by atoms with Gasteiger partial charge >= 0.3 is 5.97 Å². The number of hydrogen-bond donors (Lipinski definition) is 1. The Bertz CT molecular complexity index is 433. The highest BCUT2D eigenvalue weighted by Gasteiger charge is 2.16. The molecule has 0 heterocycles. The zero-order valence-electron chi connectivity index (χ0n) is 10.6. The summed E-state index contributed by atoms with van der Waals surface area (Å²) in [5, 5.41) is 8.74. The van der Waals surface area contributed by atoms with E-state index in [-0.39, 0.29) is 19.1 Å². The average Bonchev–Trinajstić information content (AvgIpc) is 2.37. The Morgan fingerprint density at radius 1 is 1.32 bits per heavy atom. The molecule has 0 saturated heterocycles. The number of ether oxygens (including phenoxy) is 1. The van der Waals surface area contributed by atoms with Gasteiger partial charge in [-0.25, -0.2) is 0 Å². The fraction of sp³-hybridized carbons (Fsp3) is 0.385. The van der Waals surface area contributed by atoms with Gasteiger partial charge in [-0.05, 0) is 53.3 Å². The van der Waals surface area contributed by atoms with Crippen LogP contribution in [0.5, 0.6) is 5.75 Å². The van der Waals surface area contributed by atoms with Gasteiger partial charge in [-0.1, -0.05) is 6.92 Å². The molecule has 0 aliphatic rings. The Labute approximate surface area is 125 Å². The maximum absolute atomic E-state index is 11.8. The van der Waals surface area contributed by atoms with Crippen LogP contribution in [0.1, 0.15) is 13.3 Å². The number of hydrogen-bond acceptors (Lipinski definition) is 3. The van der Waals surface area contributed by atoms with E-state index in [0.717, 1.165) is 3.57 Å². The lowest BCUT2D eigenvalue weighted by Gasteiger charge is -2.19. The van der Waals surface area contributed by atoms with Crippen molar-refractivity contribution in [2.45, 2.75) is 13.3 Å². The third-order valence-corrected chi connectivity index (χ3v) is 3.07. The summed E-state index contributed by atoms with van der Waals surface area (Å²) in [4.78, 5) is 23.8. The second-order valence-electron chi connectivity index (χ2n) is 3.95. The monoisotopic (exact) mass is 377 g/mol. The largest absolute Gasteiger partial charge is 0.484 e. The van der Waals surface area contributed by atoms with Crippen molar-refractivity contribution < 1.29 is 19.4 Å². The smallest absolute Gasteiger partial charge is 0.323 e. The predicted molar refractivity (Wildman–Crippen MR) is 79.2 cm³/mol. The minimum absolute atomic E-state index is 0.145. The summed E-state index contributed by atoms with van der Waals surface area (Å²) in [6.07, 6.45) is 0.711. The molecule has 1 aromatic rings. The Morgan fingerprint density at radius 3 is 2.47 bits per heavy atom. The molecule has 0 aliphatic heterocycles. The van der Waals surface area contributed by atoms with E-state index in [2.05, 4.69) is 22.6 Å². The SMILES string of the molecule is CCCN(CC(=O)O)C(=O)COc1ccc(I)cc1. The number of carboxylic acids is 1. The van der Waals surface area contributed by atoms with Crippen LogP contribution >= 0.6 is 22.6 Å². The summed E-state index contributed by atoms with van der Waals surface area (Å²) in [5.74, 6) is -0.737. The Morgan fingerprint density at radius 2 is 1.95 bits per heavy atom. The highest BCUT2D eigenvalue weighted by molar-refractivity contribution is 14.1. The topological polar surface area (TPSA) is 66.8 Å². The molecule has 0 atom stereocenters. The summed E-state index contributed by atoms with van der Waals surface area (Å²) in [6, 6.07) is 7.30. The van der Waals surface area contributed by atoms with Gasteiger partial charge in [-0.3, -0.25) is 9.59 Å². The van der Waals surface area contributed by atoms with Crippen molar-refractivity contribution >= 4 is 34.5 Å². The molecular formula is C13H16INO4. The molecule has 0 saturated carbocycles. The van der Waals surface area contributed by atoms with Crippen LogP contribution in [-0.4, -0.2) is 41.6 Å². The fourth-order valence-electron chi connectivity index (χ4n) is 1.49. The maximum atomic E-state index is 11.8. The molecule has 6 heteroatoms. The first-order chi connectivity index (χ1) is 9.02. The number of benzene rings is 1. The summed E-state index contributed by atoms with van der Waals surface area (Å²) in [5.41, 5.74) is 0. The van der Waals surface area contributed by atoms with Crippen LogP contribution in [0, 0.1) is 3.57 Å². The second-order valence-corrected chi connectivity index (χ2v) is 5.20. The first-order valence-electron chi connectivity index (χ1n) is 5.91. The Balaban J connectivity index is 2.51. The normalized spacial score (nSPS) is 10.0. The number of rotatable bonds is 7. The quantitative estimate of drug-likeness (QED) is 0.739. The summed E-state index contributed by atoms with van der Waals surface area (Å²) in [6.45, 7) is 1.87. The van der Waals surface area contributed by atoms with E-state index in [1.54, 1.807) is 12.1 Å². The molecule has 0 bridgehead atoms. The highest BCUT2D eigenvalue weighted by atomic mass is 127. The van der Waals surface area contributed by atoms with Crippen LogP contribution in [0.15, 0.2) is 24.3 Å². The van der Waals surface area contributed by atoms with Crippen LogP contribution in [0.4, 0.5) is 0 Å². The van der Waals surface area contributed by atoms with Gasteiger partial charge in [0.05, 0.1) is 0 Å². The Hall–Kier alpha value is -1.31. The van der Waals surface area contributed by atoms with Gasteiger partial charge in [0.2, 0.25) is 0 Å². The number of carbonyl (C=O) groups is 2. The number of carboxylic acid groups (broad SMARTS) is 1. The van der Waals surface area contributed by atoms with E-state index in [1.165, 1.54) is 4.90 Å². The Kier molecular flexibility index (Phi) is 6.61. The van der Waals surface area contributed by atoms with Crippen LogP contribution in [0.2, 0.25) is 0 Å². The van der Waals surface area contributed by atoms with Crippen molar-refractivity contribution in [3.05, 3.63) is 27.8 Å². The standard InChI is InChI=1S/C13H16INO4/c1-2-7-15(8-13(17)18)12(16)9-19-11-5-3-10(14)4-6-11/h3-6H,2,7-9H2,1H3,(H,17,18). The van der Waals surface area contributed by atoms with Crippen molar-refractivity contribution in [3.63, 3.8) is 0 Å². The highest BCUT2D eigenvalue weighted by Crippen LogP contribution is 2.13. The van der Waals surface area contributed by atoms with Crippen LogP contribution in [-0.2, 0) is 9.59 Å². The molecule has 0 radical (unpaired) electrons. The maximum Gasteiger partial charge on any atom is 0.323 e. The molecular weight excluding hydrogens is 361 g/mol. The molecule has 104 valence electrons. The molecule has 0 aromatic heterocycles. The third kappa shape index (κ3) is 5.91. The van der Waals surface area contributed by atoms with E-state index in [0.29, 0.717) is 18.7 Å². The molecule has 1 N–H and O–H groups in total. The molecule has 0 unspecified atom stereocenters. The minimum atomic E-state index is -1.02. The average molecular weight is 377 g/mol. The van der Waals surface area contributed by atoms with Crippen LogP contribution < -0.4 is 4.74 Å². The van der Waals surface area contributed by atoms with Crippen molar-refractivity contribution in [1.82, 2.24) is 4.90 Å². The number of nitrogens with zero attached hydrogens (tertiary/aromatic N) is 1. The van der Waals surface area contributed by atoms with Crippen LogP contribution in [0.25, 0.3) is 0 Å². The van der Waals surface area contributed by atoms with Crippen molar-refractivity contribution in [2.75, 3.05) is 19.7 Å². The summed E-state index contributed by atoms with van der Waals surface area (Å²) in [7, 11) is 0. The zero-order valence-corrected chi connectivity index (χ0v) is 12.8. The number of carbonyl (C=O) groups excluding carboxylic acids is 1. The number of halogens is 1. The number of aliphatic carboxylic acids is 1. The number of amides is 1. The van der Waals surface area contributed by atoms with E-state index < -0.39 is 5.97 Å². The molecule has 1 amide bonds. The lowest BCUT2D eigenvalue weighted by atomic mass is 10.3. The molecule has 0 spiro atoms. The molecule has 1 rings (SSSR count). The lowest BCUT2D eigenvalue weighted by molar-refractivity contribution is -0.145. The fourth-order valence-corrected chi connectivity index (χ4v) is 1.85. The minimum Gasteiger partial charge on any atom is -0.484 e. The van der Waals surface area contributed by atoms with Gasteiger partial charge in [-0.15, -0.1) is 0 Å². The van der Waals surface area contributed by atoms with E-state index >= 15 is 0 Å². The van der Waals surface area contributed by atoms with Gasteiger partial charge in [0.1, 0.15) is 12.3 Å². The van der Waals surface area contributed by atoms with E-state index in [1.807, 2.05) is 19.1 Å².